The summed E-state index contributed by atoms with van der Waals surface area (Å²) in [5.41, 5.74) is 1.47. The Morgan fingerprint density at radius 1 is 1.53 bits per heavy atom. The van der Waals surface area contributed by atoms with Crippen LogP contribution in [0, 0.1) is 11.3 Å². The van der Waals surface area contributed by atoms with Gasteiger partial charge in [-0.3, -0.25) is 4.79 Å². The van der Waals surface area contributed by atoms with Gasteiger partial charge in [-0.1, -0.05) is 18.2 Å². The number of hydrogen-bond acceptors (Lipinski definition) is 3. The van der Waals surface area contributed by atoms with Crippen LogP contribution in [-0.2, 0) is 4.79 Å². The molecule has 0 N–H and O–H groups in total. The van der Waals surface area contributed by atoms with Crippen LogP contribution in [0.25, 0.3) is 6.08 Å². The topological polar surface area (TPSA) is 53.3 Å². The molecule has 0 atom stereocenters. The molecule has 1 aliphatic heterocycles. The Balaban J connectivity index is 2.23. The van der Waals surface area contributed by atoms with Crippen molar-refractivity contribution in [3.8, 4) is 11.8 Å². The first-order valence-electron chi connectivity index (χ1n) is 5.27. The molecule has 0 radical (unpaired) electrons. The zero-order valence-electron chi connectivity index (χ0n) is 9.51. The fraction of sp³-hybridized carbons (Fsp3) is 0.231. The molecule has 2 rings (SSSR count). The number of benzene rings is 1. The Kier molecular flexibility index (Phi) is 3.10. The first-order chi connectivity index (χ1) is 8.22. The summed E-state index contributed by atoms with van der Waals surface area (Å²) in [4.78, 5) is 13.3. The van der Waals surface area contributed by atoms with Gasteiger partial charge in [-0.15, -0.1) is 0 Å². The highest BCUT2D eigenvalue weighted by atomic mass is 16.5. The van der Waals surface area contributed by atoms with Crippen LogP contribution in [0.3, 0.4) is 0 Å². The number of carbonyl (C=O) groups is 1. The van der Waals surface area contributed by atoms with Gasteiger partial charge in [-0.25, -0.2) is 0 Å². The maximum atomic E-state index is 11.9. The molecule has 0 saturated carbocycles. The van der Waals surface area contributed by atoms with Crippen LogP contribution in [0.5, 0.6) is 5.75 Å². The van der Waals surface area contributed by atoms with Crippen molar-refractivity contribution in [1.29, 1.82) is 5.26 Å². The highest BCUT2D eigenvalue weighted by Crippen LogP contribution is 2.26. The van der Waals surface area contributed by atoms with E-state index in [0.29, 0.717) is 5.57 Å². The van der Waals surface area contributed by atoms with E-state index in [0.717, 1.165) is 11.3 Å². The maximum absolute atomic E-state index is 11.9. The van der Waals surface area contributed by atoms with E-state index in [-0.39, 0.29) is 19.1 Å². The fourth-order valence-corrected chi connectivity index (χ4v) is 1.66. The minimum Gasteiger partial charge on any atom is -0.488 e. The lowest BCUT2D eigenvalue weighted by atomic mass is 10.1. The second kappa shape index (κ2) is 4.71. The van der Waals surface area contributed by atoms with E-state index in [1.54, 1.807) is 7.05 Å². The summed E-state index contributed by atoms with van der Waals surface area (Å²) in [5, 5.41) is 8.55. The number of fused-ring (bicyclic) bond motifs is 1. The van der Waals surface area contributed by atoms with Gasteiger partial charge < -0.3 is 9.64 Å². The molecule has 4 nitrogen and oxygen atoms in total. The van der Waals surface area contributed by atoms with Crippen LogP contribution in [0.2, 0.25) is 0 Å². The van der Waals surface area contributed by atoms with Crippen molar-refractivity contribution in [2.45, 2.75) is 0 Å². The highest BCUT2D eigenvalue weighted by molar-refractivity contribution is 5.99. The Hall–Kier alpha value is -2.28. The van der Waals surface area contributed by atoms with Crippen molar-refractivity contribution in [1.82, 2.24) is 4.90 Å². The summed E-state index contributed by atoms with van der Waals surface area (Å²) in [7, 11) is 1.60. The average Bonchev–Trinajstić information content (AvgIpc) is 2.37. The van der Waals surface area contributed by atoms with Crippen LogP contribution in [0.4, 0.5) is 0 Å². The van der Waals surface area contributed by atoms with Crippen molar-refractivity contribution >= 4 is 12.0 Å². The molecule has 1 aromatic carbocycles. The van der Waals surface area contributed by atoms with E-state index >= 15 is 0 Å². The van der Waals surface area contributed by atoms with Crippen LogP contribution >= 0.6 is 0 Å². The monoisotopic (exact) mass is 228 g/mol. The molecule has 0 unspecified atom stereocenters. The number of carbonyl (C=O) groups excluding carboxylic acids is 1. The normalized spacial score (nSPS) is 12.8. The minimum atomic E-state index is -0.166. The summed E-state index contributed by atoms with van der Waals surface area (Å²) < 4.78 is 5.49. The molecule has 1 amide bonds. The molecule has 1 heterocycles. The van der Waals surface area contributed by atoms with Gasteiger partial charge in [0.25, 0.3) is 5.91 Å². The van der Waals surface area contributed by atoms with Crippen LogP contribution in [0.15, 0.2) is 29.8 Å². The van der Waals surface area contributed by atoms with E-state index < -0.39 is 0 Å². The van der Waals surface area contributed by atoms with Gasteiger partial charge in [0.15, 0.2) is 0 Å². The Labute approximate surface area is 99.7 Å². The third-order valence-electron chi connectivity index (χ3n) is 2.56. The highest BCUT2D eigenvalue weighted by Gasteiger charge is 2.19. The number of hydrogen-bond donors (Lipinski definition) is 0. The lowest BCUT2D eigenvalue weighted by Gasteiger charge is -2.20. The van der Waals surface area contributed by atoms with Gasteiger partial charge in [0.2, 0.25) is 0 Å². The van der Waals surface area contributed by atoms with Crippen LogP contribution < -0.4 is 4.74 Å². The largest absolute Gasteiger partial charge is 0.488 e. The van der Waals surface area contributed by atoms with Gasteiger partial charge in [-0.05, 0) is 12.1 Å². The van der Waals surface area contributed by atoms with Gasteiger partial charge in [-0.2, -0.15) is 5.26 Å². The van der Waals surface area contributed by atoms with Crippen LogP contribution in [0.1, 0.15) is 5.56 Å². The second-order valence-corrected chi connectivity index (χ2v) is 3.82. The van der Waals surface area contributed by atoms with Crippen LogP contribution in [-0.4, -0.2) is 31.0 Å². The maximum Gasteiger partial charge on any atom is 0.253 e. The lowest BCUT2D eigenvalue weighted by Crippen LogP contribution is -2.31. The zero-order valence-corrected chi connectivity index (χ0v) is 9.51. The molecule has 86 valence electrons. The number of ether oxygens (including phenoxy) is 1. The third-order valence-corrected chi connectivity index (χ3v) is 2.56. The first kappa shape index (κ1) is 11.2. The van der Waals surface area contributed by atoms with Gasteiger partial charge in [0.05, 0.1) is 11.6 Å². The molecular weight excluding hydrogens is 216 g/mol. The SMILES string of the molecule is CN(CC#N)C(=O)C1=Cc2ccccc2OC1. The van der Waals surface area contributed by atoms with E-state index in [2.05, 4.69) is 0 Å². The summed E-state index contributed by atoms with van der Waals surface area (Å²) in [6.45, 7) is 0.337. The molecule has 0 aromatic heterocycles. The predicted molar refractivity (Wildman–Crippen MR) is 63.2 cm³/mol. The predicted octanol–water partition coefficient (Wildman–Crippen LogP) is 1.44. The standard InChI is InChI=1S/C13H12N2O2/c1-15(7-6-14)13(16)11-8-10-4-2-3-5-12(10)17-9-11/h2-5,8H,7,9H2,1H3. The van der Waals surface area contributed by atoms with E-state index in [4.69, 9.17) is 10.00 Å². The van der Waals surface area contributed by atoms with Gasteiger partial charge in [0, 0.05) is 12.6 Å². The van der Waals surface area contributed by atoms with Crippen molar-refractivity contribution in [3.05, 3.63) is 35.4 Å². The Morgan fingerprint density at radius 2 is 2.29 bits per heavy atom. The average molecular weight is 228 g/mol. The van der Waals surface area contributed by atoms with E-state index in [9.17, 15) is 4.79 Å². The Morgan fingerprint density at radius 3 is 3.06 bits per heavy atom. The lowest BCUT2D eigenvalue weighted by molar-refractivity contribution is -0.125. The second-order valence-electron chi connectivity index (χ2n) is 3.82. The van der Waals surface area contributed by atoms with Gasteiger partial charge >= 0.3 is 0 Å². The smallest absolute Gasteiger partial charge is 0.253 e. The fourth-order valence-electron chi connectivity index (χ4n) is 1.66. The molecule has 4 heteroatoms. The third kappa shape index (κ3) is 2.28. The van der Waals surface area contributed by atoms with Crippen molar-refractivity contribution < 1.29 is 9.53 Å². The molecule has 1 aliphatic rings. The van der Waals surface area contributed by atoms with Gasteiger partial charge in [0.1, 0.15) is 18.9 Å². The molecule has 0 spiro atoms. The van der Waals surface area contributed by atoms with E-state index in [1.165, 1.54) is 4.90 Å². The number of nitrogens with zero attached hydrogens (tertiary/aromatic N) is 2. The number of nitriles is 1. The number of rotatable bonds is 2. The summed E-state index contributed by atoms with van der Waals surface area (Å²) in [6.07, 6.45) is 1.81. The quantitative estimate of drug-likeness (QED) is 0.720. The number of amides is 1. The van der Waals surface area contributed by atoms with Crippen molar-refractivity contribution in [2.75, 3.05) is 20.2 Å². The molecule has 17 heavy (non-hydrogen) atoms. The molecule has 0 saturated heterocycles. The molecule has 0 bridgehead atoms. The molecule has 1 aromatic rings. The Bertz CT molecular complexity index is 514. The van der Waals surface area contributed by atoms with Crippen molar-refractivity contribution in [3.63, 3.8) is 0 Å². The summed E-state index contributed by atoms with van der Waals surface area (Å²) in [6, 6.07) is 9.49. The summed E-state index contributed by atoms with van der Waals surface area (Å²) >= 11 is 0. The summed E-state index contributed by atoms with van der Waals surface area (Å²) in [5.74, 6) is 0.619. The molecule has 0 aliphatic carbocycles. The molecular formula is C13H12N2O2. The molecule has 0 fully saturated rings. The minimum absolute atomic E-state index is 0.0812. The van der Waals surface area contributed by atoms with Crippen molar-refractivity contribution in [2.24, 2.45) is 0 Å². The zero-order chi connectivity index (χ0) is 12.3. The first-order valence-corrected chi connectivity index (χ1v) is 5.27. The van der Waals surface area contributed by atoms with E-state index in [1.807, 2.05) is 36.4 Å². The number of likely N-dealkylation sites (N-methyl/N-ethyl adjacent to an activating group) is 1. The number of para-hydroxylation sites is 1.